The van der Waals surface area contributed by atoms with E-state index in [0.29, 0.717) is 12.1 Å². The minimum Gasteiger partial charge on any atom is -0.497 e. The number of ether oxygens (including phenoxy) is 2. The second-order valence-corrected chi connectivity index (χ2v) is 8.07. The fraction of sp³-hybridized carbons (Fsp3) is 0.429. The van der Waals surface area contributed by atoms with E-state index >= 15 is 0 Å². The molecular weight excluding hydrogens is 358 g/mol. The van der Waals surface area contributed by atoms with Gasteiger partial charge in [-0.3, -0.25) is 0 Å². The van der Waals surface area contributed by atoms with E-state index in [-0.39, 0.29) is 0 Å². The first-order valence-corrected chi connectivity index (χ1v) is 10.5. The van der Waals surface area contributed by atoms with E-state index in [0.717, 1.165) is 36.0 Å². The number of morpholine rings is 1. The maximum Gasteiger partial charge on any atom is 0.141 e. The normalized spacial score (nSPS) is 22.6. The molecular formula is C21H23N3O2S. The number of hydrogen-bond donors (Lipinski definition) is 0. The molecule has 2 aromatic heterocycles. The van der Waals surface area contributed by atoms with E-state index in [4.69, 9.17) is 14.5 Å². The molecule has 0 unspecified atom stereocenters. The van der Waals surface area contributed by atoms with Gasteiger partial charge in [0.2, 0.25) is 0 Å². The van der Waals surface area contributed by atoms with Crippen LogP contribution in [0.4, 0.5) is 5.82 Å². The van der Waals surface area contributed by atoms with E-state index < -0.39 is 0 Å². The number of hydrogen-bond acceptors (Lipinski definition) is 6. The molecule has 1 saturated heterocycles. The van der Waals surface area contributed by atoms with Gasteiger partial charge in [0.25, 0.3) is 0 Å². The predicted octanol–water partition coefficient (Wildman–Crippen LogP) is 4.51. The highest BCUT2D eigenvalue weighted by atomic mass is 32.1. The maximum atomic E-state index is 6.07. The largest absolute Gasteiger partial charge is 0.497 e. The first kappa shape index (κ1) is 17.0. The molecule has 1 aliphatic carbocycles. The Hall–Kier alpha value is -2.18. The Kier molecular flexibility index (Phi) is 4.45. The molecule has 1 saturated carbocycles. The standard InChI is InChI=1S/C21H23N3O2S/c1-25-15-8-6-14(7-9-15)16-12-27-21-19(16)20(22-13-23-21)24-10-11-26-18-5-3-2-4-17(18)24/h6-9,12-13,17-18H,2-5,10-11H2,1H3/t17-,18+/m0/s1. The molecule has 0 bridgehead atoms. The van der Waals surface area contributed by atoms with Gasteiger partial charge in [-0.25, -0.2) is 9.97 Å². The van der Waals surface area contributed by atoms with Crippen LogP contribution in [0, 0.1) is 0 Å². The predicted molar refractivity (Wildman–Crippen MR) is 109 cm³/mol. The van der Waals surface area contributed by atoms with Crippen molar-refractivity contribution in [2.75, 3.05) is 25.2 Å². The van der Waals surface area contributed by atoms with Crippen molar-refractivity contribution < 1.29 is 9.47 Å². The monoisotopic (exact) mass is 381 g/mol. The molecule has 5 rings (SSSR count). The highest BCUT2D eigenvalue weighted by molar-refractivity contribution is 7.17. The summed E-state index contributed by atoms with van der Waals surface area (Å²) >= 11 is 1.69. The second-order valence-electron chi connectivity index (χ2n) is 7.21. The number of thiophene rings is 1. The molecule has 3 heterocycles. The molecule has 0 radical (unpaired) electrons. The minimum absolute atomic E-state index is 0.334. The van der Waals surface area contributed by atoms with Crippen LogP contribution in [0.2, 0.25) is 0 Å². The number of rotatable bonds is 3. The van der Waals surface area contributed by atoms with Crippen LogP contribution in [0.1, 0.15) is 25.7 Å². The van der Waals surface area contributed by atoms with Crippen molar-refractivity contribution in [1.82, 2.24) is 9.97 Å². The van der Waals surface area contributed by atoms with Crippen molar-refractivity contribution in [3.05, 3.63) is 36.0 Å². The summed E-state index contributed by atoms with van der Waals surface area (Å²) in [5.74, 6) is 1.93. The van der Waals surface area contributed by atoms with Crippen LogP contribution >= 0.6 is 11.3 Å². The van der Waals surface area contributed by atoms with E-state index in [9.17, 15) is 0 Å². The van der Waals surface area contributed by atoms with Gasteiger partial charge >= 0.3 is 0 Å². The summed E-state index contributed by atoms with van der Waals surface area (Å²) in [5.41, 5.74) is 2.37. The Morgan fingerprint density at radius 2 is 2.00 bits per heavy atom. The average molecular weight is 382 g/mol. The van der Waals surface area contributed by atoms with Gasteiger partial charge in [-0.1, -0.05) is 25.0 Å². The second kappa shape index (κ2) is 7.09. The molecule has 140 valence electrons. The van der Waals surface area contributed by atoms with Gasteiger partial charge in [-0.2, -0.15) is 0 Å². The van der Waals surface area contributed by atoms with Crippen molar-refractivity contribution in [1.29, 1.82) is 0 Å². The lowest BCUT2D eigenvalue weighted by Crippen LogP contribution is -2.53. The zero-order valence-electron chi connectivity index (χ0n) is 15.4. The Morgan fingerprint density at radius 1 is 1.15 bits per heavy atom. The Labute approximate surface area is 163 Å². The van der Waals surface area contributed by atoms with E-state index in [1.54, 1.807) is 24.8 Å². The number of fused-ring (bicyclic) bond motifs is 2. The molecule has 1 aromatic carbocycles. The van der Waals surface area contributed by atoms with E-state index in [1.165, 1.54) is 35.8 Å². The van der Waals surface area contributed by atoms with Crippen LogP contribution in [-0.4, -0.2) is 42.4 Å². The summed E-state index contributed by atoms with van der Waals surface area (Å²) in [6, 6.07) is 8.66. The third-order valence-corrected chi connectivity index (χ3v) is 6.64. The van der Waals surface area contributed by atoms with Gasteiger partial charge in [0.15, 0.2) is 0 Å². The Bertz CT molecular complexity index is 938. The molecule has 2 atom stereocenters. The van der Waals surface area contributed by atoms with Crippen molar-refractivity contribution in [3.63, 3.8) is 0 Å². The molecule has 5 nitrogen and oxygen atoms in total. The fourth-order valence-corrected chi connectivity index (χ4v) is 5.33. The van der Waals surface area contributed by atoms with Crippen molar-refractivity contribution >= 4 is 27.4 Å². The number of methoxy groups -OCH3 is 1. The van der Waals surface area contributed by atoms with Gasteiger partial charge in [0, 0.05) is 17.5 Å². The lowest BCUT2D eigenvalue weighted by Gasteiger charge is -2.44. The van der Waals surface area contributed by atoms with Crippen molar-refractivity contribution in [2.45, 2.75) is 37.8 Å². The SMILES string of the molecule is COc1ccc(-c2csc3ncnc(N4CCO[C@@H]5CCCC[C@@H]54)c23)cc1. The maximum absolute atomic E-state index is 6.07. The highest BCUT2D eigenvalue weighted by Crippen LogP contribution is 2.41. The average Bonchev–Trinajstić information content (AvgIpc) is 3.18. The van der Waals surface area contributed by atoms with Crippen LogP contribution in [0.25, 0.3) is 21.3 Å². The summed E-state index contributed by atoms with van der Waals surface area (Å²) in [6.07, 6.45) is 6.91. The molecule has 6 heteroatoms. The molecule has 3 aromatic rings. The fourth-order valence-electron chi connectivity index (χ4n) is 4.42. The quantitative estimate of drug-likeness (QED) is 0.668. The number of benzene rings is 1. The summed E-state index contributed by atoms with van der Waals surface area (Å²) in [6.45, 7) is 1.67. The van der Waals surface area contributed by atoms with E-state index in [1.807, 2.05) is 12.1 Å². The molecule has 27 heavy (non-hydrogen) atoms. The smallest absolute Gasteiger partial charge is 0.141 e. The summed E-state index contributed by atoms with van der Waals surface area (Å²) in [7, 11) is 1.69. The first-order valence-electron chi connectivity index (χ1n) is 9.60. The molecule has 0 spiro atoms. The summed E-state index contributed by atoms with van der Waals surface area (Å²) in [4.78, 5) is 12.8. The number of aromatic nitrogens is 2. The van der Waals surface area contributed by atoms with E-state index in [2.05, 4.69) is 27.4 Å². The number of nitrogens with zero attached hydrogens (tertiary/aromatic N) is 3. The molecule has 2 fully saturated rings. The summed E-state index contributed by atoms with van der Waals surface area (Å²) < 4.78 is 11.4. The van der Waals surface area contributed by atoms with Gasteiger partial charge in [0.1, 0.15) is 22.7 Å². The van der Waals surface area contributed by atoms with Crippen LogP contribution in [-0.2, 0) is 4.74 Å². The lowest BCUT2D eigenvalue weighted by molar-refractivity contribution is -0.00887. The molecule has 2 aliphatic rings. The van der Waals surface area contributed by atoms with Crippen LogP contribution in [0.15, 0.2) is 36.0 Å². The van der Waals surface area contributed by atoms with Crippen LogP contribution in [0.5, 0.6) is 5.75 Å². The highest BCUT2D eigenvalue weighted by Gasteiger charge is 2.36. The minimum atomic E-state index is 0.334. The molecule has 0 amide bonds. The van der Waals surface area contributed by atoms with Gasteiger partial charge in [-0.05, 0) is 30.5 Å². The summed E-state index contributed by atoms with van der Waals surface area (Å²) in [5, 5.41) is 3.36. The lowest BCUT2D eigenvalue weighted by atomic mass is 9.90. The third-order valence-electron chi connectivity index (χ3n) is 5.76. The number of anilines is 1. The van der Waals surface area contributed by atoms with Crippen molar-refractivity contribution in [2.24, 2.45) is 0 Å². The van der Waals surface area contributed by atoms with Gasteiger partial charge in [-0.15, -0.1) is 11.3 Å². The first-order chi connectivity index (χ1) is 13.3. The molecule has 0 N–H and O–H groups in total. The van der Waals surface area contributed by atoms with Crippen LogP contribution in [0.3, 0.4) is 0 Å². The van der Waals surface area contributed by atoms with Crippen LogP contribution < -0.4 is 9.64 Å². The topological polar surface area (TPSA) is 47.5 Å². The third kappa shape index (κ3) is 2.97. The van der Waals surface area contributed by atoms with Crippen molar-refractivity contribution in [3.8, 4) is 16.9 Å². The zero-order valence-corrected chi connectivity index (χ0v) is 16.2. The van der Waals surface area contributed by atoms with Gasteiger partial charge in [0.05, 0.1) is 31.2 Å². The zero-order chi connectivity index (χ0) is 18.2. The Balaban J connectivity index is 1.61. The molecule has 1 aliphatic heterocycles. The Morgan fingerprint density at radius 3 is 2.85 bits per heavy atom. The van der Waals surface area contributed by atoms with Gasteiger partial charge < -0.3 is 14.4 Å².